The molecule has 2 aromatic heterocycles. The van der Waals surface area contributed by atoms with Crippen LogP contribution in [0.1, 0.15) is 49.0 Å². The summed E-state index contributed by atoms with van der Waals surface area (Å²) in [6.07, 6.45) is 4.34. The average Bonchev–Trinajstić information content (AvgIpc) is 3.50. The monoisotopic (exact) mass is 448 g/mol. The highest BCUT2D eigenvalue weighted by Crippen LogP contribution is 2.31. The summed E-state index contributed by atoms with van der Waals surface area (Å²) in [5.74, 6) is -0.584. The van der Waals surface area contributed by atoms with Crippen molar-refractivity contribution in [2.45, 2.75) is 50.9 Å². The van der Waals surface area contributed by atoms with Gasteiger partial charge in [0.05, 0.1) is 25.5 Å². The van der Waals surface area contributed by atoms with Gasteiger partial charge >= 0.3 is 5.69 Å². The number of nitrogens with zero attached hydrogens (tertiary/aromatic N) is 4. The van der Waals surface area contributed by atoms with Crippen molar-refractivity contribution in [1.29, 1.82) is 0 Å². The van der Waals surface area contributed by atoms with E-state index in [0.717, 1.165) is 35.8 Å². The molecule has 2 heterocycles. The summed E-state index contributed by atoms with van der Waals surface area (Å²) in [7, 11) is 0. The molecule has 1 aliphatic carbocycles. The number of benzene rings is 2. The second-order valence-electron chi connectivity index (χ2n) is 8.57. The van der Waals surface area contributed by atoms with Crippen LogP contribution in [0, 0.1) is 5.82 Å². The minimum absolute atomic E-state index is 0.0443. The third kappa shape index (κ3) is 3.91. The van der Waals surface area contributed by atoms with Gasteiger partial charge < -0.3 is 9.67 Å². The molecule has 1 N–H and O–H groups in total. The molecule has 0 radical (unpaired) electrons. The Morgan fingerprint density at radius 2 is 1.70 bits per heavy atom. The minimum Gasteiger partial charge on any atom is -0.386 e. The Morgan fingerprint density at radius 1 is 1.00 bits per heavy atom. The van der Waals surface area contributed by atoms with Crippen molar-refractivity contribution in [3.8, 4) is 0 Å². The van der Waals surface area contributed by atoms with Crippen molar-refractivity contribution in [2.75, 3.05) is 0 Å². The summed E-state index contributed by atoms with van der Waals surface area (Å²) in [6, 6.07) is 15.4. The van der Waals surface area contributed by atoms with E-state index in [9.17, 15) is 19.1 Å². The lowest BCUT2D eigenvalue weighted by atomic mass is 10.1. The molecule has 1 aliphatic rings. The largest absolute Gasteiger partial charge is 0.386 e. The summed E-state index contributed by atoms with van der Waals surface area (Å²) in [5, 5.41) is 10.7. The van der Waals surface area contributed by atoms with Gasteiger partial charge in [0.2, 0.25) is 0 Å². The van der Waals surface area contributed by atoms with Gasteiger partial charge in [0.1, 0.15) is 5.82 Å². The van der Waals surface area contributed by atoms with Gasteiger partial charge in [0.15, 0.2) is 11.2 Å². The standard InChI is InChI=1S/C25H25FN4O3/c26-20-13-7-6-12-19(20)21(31)15-29-24(32)22-23(27-16-30(22)18-10-4-5-11-18)28(25(29)33)14-17-8-2-1-3-9-17/h1-3,6-9,12-13,16,18,21,31H,4-5,10-11,14-15H2. The molecule has 170 valence electrons. The lowest BCUT2D eigenvalue weighted by Crippen LogP contribution is -2.42. The van der Waals surface area contributed by atoms with E-state index < -0.39 is 23.2 Å². The first-order valence-electron chi connectivity index (χ1n) is 11.2. The Labute approximate surface area is 189 Å². The molecule has 1 fully saturated rings. The van der Waals surface area contributed by atoms with Crippen LogP contribution in [0.3, 0.4) is 0 Å². The molecule has 0 saturated heterocycles. The Balaban J connectivity index is 1.67. The van der Waals surface area contributed by atoms with Crippen LogP contribution in [-0.2, 0) is 13.1 Å². The zero-order valence-electron chi connectivity index (χ0n) is 18.1. The van der Waals surface area contributed by atoms with Crippen molar-refractivity contribution >= 4 is 11.2 Å². The van der Waals surface area contributed by atoms with E-state index in [1.807, 2.05) is 34.9 Å². The molecule has 1 unspecified atom stereocenters. The zero-order valence-corrected chi connectivity index (χ0v) is 18.1. The SMILES string of the molecule is O=c1c2c(ncn2C2CCCC2)n(Cc2ccccc2)c(=O)n1CC(O)c1ccccc1F. The van der Waals surface area contributed by atoms with E-state index in [1.165, 1.54) is 22.8 Å². The number of halogens is 1. The lowest BCUT2D eigenvalue weighted by Gasteiger charge is -2.17. The van der Waals surface area contributed by atoms with Crippen molar-refractivity contribution in [1.82, 2.24) is 18.7 Å². The van der Waals surface area contributed by atoms with Gasteiger partial charge in [-0.2, -0.15) is 0 Å². The number of hydrogen-bond donors (Lipinski definition) is 1. The van der Waals surface area contributed by atoms with Crippen LogP contribution < -0.4 is 11.2 Å². The Bertz CT molecular complexity index is 1400. The molecule has 1 saturated carbocycles. The molecule has 0 spiro atoms. The molecular weight excluding hydrogens is 423 g/mol. The van der Waals surface area contributed by atoms with Gasteiger partial charge in [-0.05, 0) is 24.5 Å². The van der Waals surface area contributed by atoms with Crippen LogP contribution in [0.5, 0.6) is 0 Å². The third-order valence-corrected chi connectivity index (χ3v) is 6.46. The number of aliphatic hydroxyl groups excluding tert-OH is 1. The molecule has 1 atom stereocenters. The summed E-state index contributed by atoms with van der Waals surface area (Å²) in [5.41, 5.74) is 0.511. The summed E-state index contributed by atoms with van der Waals surface area (Å²) >= 11 is 0. The summed E-state index contributed by atoms with van der Waals surface area (Å²) in [6.45, 7) is -0.118. The van der Waals surface area contributed by atoms with Gasteiger partial charge in [0, 0.05) is 11.6 Å². The first-order chi connectivity index (χ1) is 16.0. The fraction of sp³-hybridized carbons (Fsp3) is 0.320. The average molecular weight is 448 g/mol. The fourth-order valence-corrected chi connectivity index (χ4v) is 4.75. The number of rotatable bonds is 6. The summed E-state index contributed by atoms with van der Waals surface area (Å²) < 4.78 is 18.6. The van der Waals surface area contributed by atoms with E-state index >= 15 is 0 Å². The van der Waals surface area contributed by atoms with Crippen molar-refractivity contribution in [3.63, 3.8) is 0 Å². The van der Waals surface area contributed by atoms with E-state index in [1.54, 1.807) is 12.4 Å². The highest BCUT2D eigenvalue weighted by molar-refractivity contribution is 5.70. The summed E-state index contributed by atoms with van der Waals surface area (Å²) in [4.78, 5) is 31.5. The predicted octanol–water partition coefficient (Wildman–Crippen LogP) is 3.40. The normalized spacial score (nSPS) is 15.3. The van der Waals surface area contributed by atoms with Crippen LogP contribution in [0.2, 0.25) is 0 Å². The van der Waals surface area contributed by atoms with Crippen LogP contribution in [0.4, 0.5) is 4.39 Å². The van der Waals surface area contributed by atoms with E-state index in [-0.39, 0.29) is 24.7 Å². The zero-order chi connectivity index (χ0) is 22.9. The Hall–Kier alpha value is -3.52. The van der Waals surface area contributed by atoms with Crippen LogP contribution >= 0.6 is 0 Å². The predicted molar refractivity (Wildman–Crippen MR) is 123 cm³/mol. The van der Waals surface area contributed by atoms with Gasteiger partial charge in [-0.1, -0.05) is 61.4 Å². The number of hydrogen-bond acceptors (Lipinski definition) is 4. The van der Waals surface area contributed by atoms with Gasteiger partial charge in [0.25, 0.3) is 5.56 Å². The van der Waals surface area contributed by atoms with Crippen LogP contribution in [0.25, 0.3) is 11.2 Å². The molecule has 4 aromatic rings. The molecule has 0 amide bonds. The number of imidazole rings is 1. The number of aromatic nitrogens is 4. The number of aliphatic hydroxyl groups is 1. The van der Waals surface area contributed by atoms with Gasteiger partial charge in [-0.25, -0.2) is 14.2 Å². The maximum Gasteiger partial charge on any atom is 0.333 e. The highest BCUT2D eigenvalue weighted by atomic mass is 19.1. The van der Waals surface area contributed by atoms with Crippen molar-refractivity contribution in [2.24, 2.45) is 0 Å². The first kappa shape index (κ1) is 21.3. The van der Waals surface area contributed by atoms with Crippen molar-refractivity contribution in [3.05, 3.63) is 98.7 Å². The molecule has 7 nitrogen and oxygen atoms in total. The quantitative estimate of drug-likeness (QED) is 0.490. The Morgan fingerprint density at radius 3 is 2.42 bits per heavy atom. The van der Waals surface area contributed by atoms with Gasteiger partial charge in [-0.15, -0.1) is 0 Å². The van der Waals surface area contributed by atoms with E-state index in [4.69, 9.17) is 0 Å². The molecule has 0 bridgehead atoms. The van der Waals surface area contributed by atoms with Gasteiger partial charge in [-0.3, -0.25) is 13.9 Å². The Kier molecular flexibility index (Phi) is 5.68. The van der Waals surface area contributed by atoms with Crippen LogP contribution in [-0.4, -0.2) is 23.8 Å². The van der Waals surface area contributed by atoms with E-state index in [2.05, 4.69) is 4.98 Å². The van der Waals surface area contributed by atoms with Crippen LogP contribution in [0.15, 0.2) is 70.5 Å². The lowest BCUT2D eigenvalue weighted by molar-refractivity contribution is 0.148. The maximum absolute atomic E-state index is 14.2. The molecule has 2 aromatic carbocycles. The first-order valence-corrected chi connectivity index (χ1v) is 11.2. The fourth-order valence-electron chi connectivity index (χ4n) is 4.75. The third-order valence-electron chi connectivity index (χ3n) is 6.46. The highest BCUT2D eigenvalue weighted by Gasteiger charge is 2.25. The minimum atomic E-state index is -1.35. The van der Waals surface area contributed by atoms with Crippen molar-refractivity contribution < 1.29 is 9.50 Å². The van der Waals surface area contributed by atoms with E-state index in [0.29, 0.717) is 11.2 Å². The second-order valence-corrected chi connectivity index (χ2v) is 8.57. The second kappa shape index (κ2) is 8.78. The molecule has 33 heavy (non-hydrogen) atoms. The topological polar surface area (TPSA) is 82.0 Å². The number of fused-ring (bicyclic) bond motifs is 1. The molecular formula is C25H25FN4O3. The molecule has 0 aliphatic heterocycles. The molecule has 8 heteroatoms. The smallest absolute Gasteiger partial charge is 0.333 e. The molecule has 5 rings (SSSR count). The maximum atomic E-state index is 14.2.